The molecule has 3 atom stereocenters. The molecule has 0 heterocycles. The van der Waals surface area contributed by atoms with Gasteiger partial charge in [-0.25, -0.2) is 14.4 Å². The van der Waals surface area contributed by atoms with Gasteiger partial charge in [0.2, 0.25) is 0 Å². The van der Waals surface area contributed by atoms with Gasteiger partial charge < -0.3 is 38.9 Å². The number of hydrogen-bond acceptors (Lipinski definition) is 12. The van der Waals surface area contributed by atoms with Gasteiger partial charge in [-0.3, -0.25) is 4.79 Å². The lowest BCUT2D eigenvalue weighted by Crippen LogP contribution is -2.39. The van der Waals surface area contributed by atoms with Gasteiger partial charge in [0.05, 0.1) is 0 Å². The van der Waals surface area contributed by atoms with E-state index in [1.807, 2.05) is 13.8 Å². The molecule has 2 aromatic carbocycles. The van der Waals surface area contributed by atoms with E-state index in [-0.39, 0.29) is 17.9 Å². The van der Waals surface area contributed by atoms with Gasteiger partial charge in [0.15, 0.2) is 11.5 Å². The lowest BCUT2D eigenvalue weighted by atomic mass is 10.1. The maximum atomic E-state index is 12.8. The number of rotatable bonds is 13. The zero-order chi connectivity index (χ0) is 33.1. The van der Waals surface area contributed by atoms with E-state index in [4.69, 9.17) is 38.9 Å². The summed E-state index contributed by atoms with van der Waals surface area (Å²) in [6.45, 7) is 13.7. The van der Waals surface area contributed by atoms with Gasteiger partial charge in [-0.1, -0.05) is 38.1 Å². The highest BCUT2D eigenvalue weighted by Crippen LogP contribution is 2.31. The lowest BCUT2D eigenvalue weighted by molar-refractivity contribution is -0.155. The second kappa shape index (κ2) is 15.9. The largest absolute Gasteiger partial charge is 0.514 e. The second-order valence-corrected chi connectivity index (χ2v) is 11.4. The first-order valence-electron chi connectivity index (χ1n) is 14.4. The molecule has 12 nitrogen and oxygen atoms in total. The number of nitrogens with two attached hydrogens (primary N) is 1. The molecule has 0 bridgehead atoms. The first kappa shape index (κ1) is 35.9. The molecule has 0 saturated carbocycles. The highest BCUT2D eigenvalue weighted by atomic mass is 16.8. The number of para-hydroxylation sites is 1. The Morgan fingerprint density at radius 1 is 0.705 bits per heavy atom. The Bertz CT molecular complexity index is 1280. The van der Waals surface area contributed by atoms with Crippen molar-refractivity contribution in [2.24, 2.45) is 5.73 Å². The quantitative estimate of drug-likeness (QED) is 0.148. The van der Waals surface area contributed by atoms with Crippen molar-refractivity contribution in [2.45, 2.75) is 104 Å². The number of esters is 1. The maximum Gasteiger partial charge on any atom is 0.514 e. The van der Waals surface area contributed by atoms with Crippen LogP contribution in [0.2, 0.25) is 0 Å². The Balaban J connectivity index is 2.09. The molecule has 2 N–H and O–H groups in total. The summed E-state index contributed by atoms with van der Waals surface area (Å²) in [5, 5.41) is 0. The molecule has 0 aliphatic rings. The van der Waals surface area contributed by atoms with Gasteiger partial charge in [-0.2, -0.15) is 0 Å². The van der Waals surface area contributed by atoms with E-state index in [0.717, 1.165) is 0 Å². The predicted molar refractivity (Wildman–Crippen MR) is 160 cm³/mol. The van der Waals surface area contributed by atoms with Crippen molar-refractivity contribution in [3.8, 4) is 17.2 Å². The summed E-state index contributed by atoms with van der Waals surface area (Å²) in [6, 6.07) is 11.6. The Morgan fingerprint density at radius 3 is 1.77 bits per heavy atom. The van der Waals surface area contributed by atoms with Crippen molar-refractivity contribution in [3.63, 3.8) is 0 Å². The van der Waals surface area contributed by atoms with Gasteiger partial charge in [0, 0.05) is 0 Å². The lowest BCUT2D eigenvalue weighted by Gasteiger charge is -2.24. The Labute approximate surface area is 258 Å². The molecular weight excluding hydrogens is 574 g/mol. The minimum absolute atomic E-state index is 0.0315. The summed E-state index contributed by atoms with van der Waals surface area (Å²) in [5.41, 5.74) is 4.99. The minimum atomic E-state index is -1.14. The number of ether oxygens (including phenoxy) is 7. The zero-order valence-corrected chi connectivity index (χ0v) is 26.5. The van der Waals surface area contributed by atoms with Crippen molar-refractivity contribution in [1.82, 2.24) is 0 Å². The van der Waals surface area contributed by atoms with Crippen LogP contribution in [0.15, 0.2) is 48.5 Å². The zero-order valence-electron chi connectivity index (χ0n) is 26.5. The summed E-state index contributed by atoms with van der Waals surface area (Å²) in [7, 11) is 0. The summed E-state index contributed by atoms with van der Waals surface area (Å²) in [4.78, 5) is 49.8. The van der Waals surface area contributed by atoms with E-state index < -0.39 is 53.9 Å². The van der Waals surface area contributed by atoms with Crippen LogP contribution in [0.3, 0.4) is 0 Å². The highest BCUT2D eigenvalue weighted by Gasteiger charge is 2.28. The van der Waals surface area contributed by atoms with Crippen LogP contribution in [0.1, 0.15) is 73.8 Å². The molecule has 2 aromatic rings. The third-order valence-corrected chi connectivity index (χ3v) is 6.76. The monoisotopic (exact) mass is 617 g/mol. The molecule has 2 rings (SSSR count). The van der Waals surface area contributed by atoms with Crippen molar-refractivity contribution < 1.29 is 52.3 Å². The van der Waals surface area contributed by atoms with Crippen molar-refractivity contribution in [2.75, 3.05) is 0 Å². The molecular formula is C32H43NO11. The fourth-order valence-corrected chi connectivity index (χ4v) is 3.22. The normalized spacial score (nSPS) is 13.5. The maximum absolute atomic E-state index is 12.8. The van der Waals surface area contributed by atoms with Gasteiger partial charge in [-0.05, 0) is 90.6 Å². The van der Waals surface area contributed by atoms with Gasteiger partial charge in [0.1, 0.15) is 35.2 Å². The first-order chi connectivity index (χ1) is 20.5. The average molecular weight is 618 g/mol. The van der Waals surface area contributed by atoms with E-state index in [2.05, 4.69) is 0 Å². The molecule has 0 aromatic heterocycles. The molecule has 0 saturated heterocycles. The summed E-state index contributed by atoms with van der Waals surface area (Å²) >= 11 is 0. The SMILES string of the molecule is CCC(C)(C)OC(=O)Oc1ccc(C[C@H](N)C(=O)O[C@@H](C)[C@H](C)OC(=O)Oc2ccccc2)cc1OC(=O)OC(C)(C)CC. The van der Waals surface area contributed by atoms with E-state index >= 15 is 0 Å². The van der Waals surface area contributed by atoms with E-state index in [0.29, 0.717) is 24.2 Å². The molecule has 44 heavy (non-hydrogen) atoms. The topological polar surface area (TPSA) is 159 Å². The number of benzene rings is 2. The first-order valence-corrected chi connectivity index (χ1v) is 14.4. The van der Waals surface area contributed by atoms with Crippen molar-refractivity contribution >= 4 is 24.4 Å². The molecule has 0 aliphatic heterocycles. The van der Waals surface area contributed by atoms with Crippen LogP contribution >= 0.6 is 0 Å². The molecule has 242 valence electrons. The van der Waals surface area contributed by atoms with Crippen LogP contribution < -0.4 is 19.9 Å². The van der Waals surface area contributed by atoms with E-state index in [1.165, 1.54) is 12.1 Å². The molecule has 0 fully saturated rings. The summed E-state index contributed by atoms with van der Waals surface area (Å²) in [6.07, 6.45) is -3.61. The van der Waals surface area contributed by atoms with Crippen molar-refractivity contribution in [1.29, 1.82) is 0 Å². The molecule has 0 amide bonds. The molecule has 0 spiro atoms. The van der Waals surface area contributed by atoms with Crippen LogP contribution in [0.4, 0.5) is 14.4 Å². The second-order valence-electron chi connectivity index (χ2n) is 11.4. The molecule has 0 unspecified atom stereocenters. The molecule has 12 heteroatoms. The third kappa shape index (κ3) is 12.1. The fourth-order valence-electron chi connectivity index (χ4n) is 3.22. The number of carbonyl (C=O) groups excluding carboxylic acids is 4. The third-order valence-electron chi connectivity index (χ3n) is 6.76. The smallest absolute Gasteiger partial charge is 0.458 e. The Hall–Kier alpha value is -4.32. The molecule has 0 radical (unpaired) electrons. The molecule has 0 aliphatic carbocycles. The van der Waals surface area contributed by atoms with Crippen LogP contribution in [0.25, 0.3) is 0 Å². The van der Waals surface area contributed by atoms with Crippen molar-refractivity contribution in [3.05, 3.63) is 54.1 Å². The van der Waals surface area contributed by atoms with E-state index in [9.17, 15) is 19.2 Å². The average Bonchev–Trinajstić information content (AvgIpc) is 2.94. The minimum Gasteiger partial charge on any atom is -0.458 e. The van der Waals surface area contributed by atoms with Crippen LogP contribution in [-0.2, 0) is 30.2 Å². The number of hydrogen-bond donors (Lipinski definition) is 1. The standard InChI is InChI=1S/C32H43NO11/c1-9-31(5,6)43-29(36)41-25-17-16-22(19-26(25)42-30(37)44-32(7,8)10-2)18-24(33)27(34)38-20(3)21(4)39-28(35)40-23-14-12-11-13-15-23/h11-17,19-21,24H,9-10,18,33H2,1-8H3/t20-,21-,24-/m0/s1. The highest BCUT2D eigenvalue weighted by molar-refractivity contribution is 5.76. The predicted octanol–water partition coefficient (Wildman–Crippen LogP) is 6.50. The van der Waals surface area contributed by atoms with Gasteiger partial charge in [-0.15, -0.1) is 0 Å². The number of carbonyl (C=O) groups is 4. The van der Waals surface area contributed by atoms with E-state index in [1.54, 1.807) is 77.9 Å². The van der Waals surface area contributed by atoms with Gasteiger partial charge >= 0.3 is 24.4 Å². The van der Waals surface area contributed by atoms with Crippen LogP contribution in [-0.4, -0.2) is 53.9 Å². The van der Waals surface area contributed by atoms with Crippen LogP contribution in [0, 0.1) is 0 Å². The summed E-state index contributed by atoms with van der Waals surface area (Å²) in [5.74, 6) is -0.699. The Morgan fingerprint density at radius 2 is 1.23 bits per heavy atom. The Kier molecular flexibility index (Phi) is 13.0. The fraction of sp³-hybridized carbons (Fsp3) is 0.500. The van der Waals surface area contributed by atoms with Gasteiger partial charge in [0.25, 0.3) is 0 Å². The van der Waals surface area contributed by atoms with Crippen LogP contribution in [0.5, 0.6) is 17.2 Å². The summed E-state index contributed by atoms with van der Waals surface area (Å²) < 4.78 is 37.1.